The fraction of sp³-hybridized carbons (Fsp3) is 0.750. The Morgan fingerprint density at radius 3 is 2.91 bits per heavy atom. The maximum Gasteiger partial charge on any atom is 0.333 e. The van der Waals surface area contributed by atoms with E-state index in [1.54, 1.807) is 6.92 Å². The van der Waals surface area contributed by atoms with Gasteiger partial charge in [0.05, 0.1) is 31.2 Å². The van der Waals surface area contributed by atoms with Gasteiger partial charge in [-0.3, -0.25) is 0 Å². The Hall–Kier alpha value is -1.40. The van der Waals surface area contributed by atoms with Crippen LogP contribution in [-0.4, -0.2) is 49.9 Å². The van der Waals surface area contributed by atoms with E-state index < -0.39 is 5.97 Å². The number of carbonyl (C=O) groups excluding carboxylic acids is 2. The molecule has 22 heavy (non-hydrogen) atoms. The van der Waals surface area contributed by atoms with Gasteiger partial charge >= 0.3 is 5.97 Å². The zero-order valence-corrected chi connectivity index (χ0v) is 12.9. The maximum absolute atomic E-state index is 11.3. The van der Waals surface area contributed by atoms with Gasteiger partial charge in [-0.15, -0.1) is 0 Å². The smallest absolute Gasteiger partial charge is 0.333 e. The van der Waals surface area contributed by atoms with Gasteiger partial charge in [-0.05, 0) is 32.6 Å². The van der Waals surface area contributed by atoms with Crippen LogP contribution in [0.5, 0.6) is 0 Å². The van der Waals surface area contributed by atoms with Crippen LogP contribution in [0.1, 0.15) is 39.0 Å². The van der Waals surface area contributed by atoms with Gasteiger partial charge in [0.1, 0.15) is 18.5 Å². The van der Waals surface area contributed by atoms with Crippen LogP contribution >= 0.6 is 0 Å². The summed E-state index contributed by atoms with van der Waals surface area (Å²) < 4.78 is 22.2. The molecular formula is C16H24O6. The summed E-state index contributed by atoms with van der Waals surface area (Å²) in [6.45, 7) is 2.83. The van der Waals surface area contributed by atoms with E-state index in [0.717, 1.165) is 38.6 Å². The lowest BCUT2D eigenvalue weighted by Crippen LogP contribution is -2.38. The molecule has 0 spiro atoms. The first-order valence-corrected chi connectivity index (χ1v) is 7.94. The highest BCUT2D eigenvalue weighted by molar-refractivity contribution is 5.81. The minimum atomic E-state index is -0.444. The van der Waals surface area contributed by atoms with Crippen LogP contribution < -0.4 is 0 Å². The Bertz CT molecular complexity index is 394. The Labute approximate surface area is 130 Å². The van der Waals surface area contributed by atoms with E-state index in [0.29, 0.717) is 6.61 Å². The Kier molecular flexibility index (Phi) is 6.86. The van der Waals surface area contributed by atoms with Crippen molar-refractivity contribution in [3.63, 3.8) is 0 Å². The Balaban J connectivity index is 1.94. The topological polar surface area (TPSA) is 71.1 Å². The van der Waals surface area contributed by atoms with Gasteiger partial charge in [0.25, 0.3) is 0 Å². The number of esters is 1. The average molecular weight is 312 g/mol. The molecule has 2 rings (SSSR count). The van der Waals surface area contributed by atoms with E-state index in [9.17, 15) is 9.59 Å². The summed E-state index contributed by atoms with van der Waals surface area (Å²) in [5.74, 6) is -0.444. The summed E-state index contributed by atoms with van der Waals surface area (Å²) in [5.41, 5.74) is 0. The molecule has 0 radical (unpaired) electrons. The van der Waals surface area contributed by atoms with Gasteiger partial charge in [0.2, 0.25) is 0 Å². The number of carbonyl (C=O) groups is 2. The van der Waals surface area contributed by atoms with Crippen molar-refractivity contribution < 1.29 is 28.5 Å². The van der Waals surface area contributed by atoms with Crippen molar-refractivity contribution in [3.05, 3.63) is 12.3 Å². The van der Waals surface area contributed by atoms with E-state index >= 15 is 0 Å². The Morgan fingerprint density at radius 1 is 1.27 bits per heavy atom. The number of fused-ring (bicyclic) bond motifs is 1. The highest BCUT2D eigenvalue weighted by Gasteiger charge is 2.36. The second-order valence-electron chi connectivity index (χ2n) is 5.47. The van der Waals surface area contributed by atoms with Crippen molar-refractivity contribution in [1.29, 1.82) is 0 Å². The minimum Gasteiger partial charge on any atom is -0.495 e. The first-order valence-electron chi connectivity index (χ1n) is 7.94. The normalized spacial score (nSPS) is 32.0. The number of hydrogen-bond donors (Lipinski definition) is 0. The molecule has 2 aliphatic heterocycles. The highest BCUT2D eigenvalue weighted by atomic mass is 16.6. The lowest BCUT2D eigenvalue weighted by molar-refractivity contribution is -0.141. The summed E-state index contributed by atoms with van der Waals surface area (Å²) >= 11 is 0. The third kappa shape index (κ3) is 4.81. The third-order valence-electron chi connectivity index (χ3n) is 3.95. The number of hydrogen-bond acceptors (Lipinski definition) is 6. The summed E-state index contributed by atoms with van der Waals surface area (Å²) in [5, 5.41) is 0. The first kappa shape index (κ1) is 17.0. The predicted molar refractivity (Wildman–Crippen MR) is 78.2 cm³/mol. The number of rotatable bonds is 6. The van der Waals surface area contributed by atoms with Crippen LogP contribution in [0.2, 0.25) is 0 Å². The second-order valence-corrected chi connectivity index (χ2v) is 5.47. The second kappa shape index (κ2) is 8.90. The molecule has 2 fully saturated rings. The molecule has 0 aromatic rings. The van der Waals surface area contributed by atoms with Crippen molar-refractivity contribution in [2.75, 3.05) is 13.2 Å². The number of aldehydes is 1. The summed E-state index contributed by atoms with van der Waals surface area (Å²) in [4.78, 5) is 22.2. The van der Waals surface area contributed by atoms with Crippen LogP contribution in [0.3, 0.4) is 0 Å². The molecule has 4 atom stereocenters. The summed E-state index contributed by atoms with van der Waals surface area (Å²) in [6.07, 6.45) is 6.73. The monoisotopic (exact) mass is 312 g/mol. The Morgan fingerprint density at radius 2 is 2.14 bits per heavy atom. The first-order chi connectivity index (χ1) is 10.7. The van der Waals surface area contributed by atoms with E-state index in [-0.39, 0.29) is 30.8 Å². The largest absolute Gasteiger partial charge is 0.495 e. The zero-order chi connectivity index (χ0) is 15.8. The molecule has 0 aromatic carbocycles. The molecule has 0 aromatic heterocycles. The molecule has 6 nitrogen and oxygen atoms in total. The summed E-state index contributed by atoms with van der Waals surface area (Å²) in [6, 6.07) is 0. The van der Waals surface area contributed by atoms with Gasteiger partial charge in [-0.2, -0.15) is 0 Å². The van der Waals surface area contributed by atoms with E-state index in [1.165, 1.54) is 12.3 Å². The molecule has 2 saturated heterocycles. The van der Waals surface area contributed by atoms with Gasteiger partial charge in [-0.1, -0.05) is 0 Å². The molecular weight excluding hydrogens is 288 g/mol. The molecule has 124 valence electrons. The van der Waals surface area contributed by atoms with Gasteiger partial charge in [-0.25, -0.2) is 4.79 Å². The van der Waals surface area contributed by atoms with Gasteiger partial charge in [0, 0.05) is 13.0 Å². The number of ether oxygens (including phenoxy) is 4. The zero-order valence-electron chi connectivity index (χ0n) is 12.9. The molecule has 0 bridgehead atoms. The molecule has 0 N–H and O–H groups in total. The molecule has 6 heteroatoms. The van der Waals surface area contributed by atoms with E-state index in [1.807, 2.05) is 0 Å². The van der Waals surface area contributed by atoms with Crippen molar-refractivity contribution in [2.45, 2.75) is 63.4 Å². The van der Waals surface area contributed by atoms with E-state index in [2.05, 4.69) is 0 Å². The quantitative estimate of drug-likeness (QED) is 0.322. The molecule has 2 aliphatic rings. The van der Waals surface area contributed by atoms with Crippen LogP contribution in [0.4, 0.5) is 0 Å². The minimum absolute atomic E-state index is 0.0290. The average Bonchev–Trinajstić information content (AvgIpc) is 2.68. The fourth-order valence-corrected chi connectivity index (χ4v) is 2.91. The predicted octanol–water partition coefficient (Wildman–Crippen LogP) is 1.76. The van der Waals surface area contributed by atoms with Crippen LogP contribution in [0.15, 0.2) is 12.3 Å². The SMILES string of the molecule is CCOC(=O)/C=C/O[C@H]1CC[C@H]2OCCC[C@@H]2O[C@@H]1CC=O. The highest BCUT2D eigenvalue weighted by Crippen LogP contribution is 2.30. The maximum atomic E-state index is 11.3. The third-order valence-corrected chi connectivity index (χ3v) is 3.95. The standard InChI is InChI=1S/C16H24O6/c1-2-19-16(18)8-11-21-13-6-5-12-14(4-3-10-20-12)22-15(13)7-9-17/h8-9,11-15H,2-7,10H2,1H3/b11-8+/t12-,13+,14+,15-/m1/s1. The molecule has 2 heterocycles. The van der Waals surface area contributed by atoms with Gasteiger partial charge in [0.15, 0.2) is 0 Å². The van der Waals surface area contributed by atoms with Crippen LogP contribution in [-0.2, 0) is 28.5 Å². The molecule has 0 amide bonds. The lowest BCUT2D eigenvalue weighted by Gasteiger charge is -2.31. The molecule has 0 unspecified atom stereocenters. The van der Waals surface area contributed by atoms with Crippen molar-refractivity contribution in [1.82, 2.24) is 0 Å². The summed E-state index contributed by atoms with van der Waals surface area (Å²) in [7, 11) is 0. The van der Waals surface area contributed by atoms with Crippen LogP contribution in [0.25, 0.3) is 0 Å². The van der Waals surface area contributed by atoms with Crippen LogP contribution in [0, 0.1) is 0 Å². The van der Waals surface area contributed by atoms with E-state index in [4.69, 9.17) is 18.9 Å². The van der Waals surface area contributed by atoms with Crippen molar-refractivity contribution in [2.24, 2.45) is 0 Å². The van der Waals surface area contributed by atoms with Gasteiger partial charge < -0.3 is 23.7 Å². The van der Waals surface area contributed by atoms with Crippen molar-refractivity contribution in [3.8, 4) is 0 Å². The fourth-order valence-electron chi connectivity index (χ4n) is 2.91. The van der Waals surface area contributed by atoms with Crippen molar-refractivity contribution >= 4 is 12.3 Å². The lowest BCUT2D eigenvalue weighted by atomic mass is 10.0. The molecule has 0 saturated carbocycles. The molecule has 0 aliphatic carbocycles.